The van der Waals surface area contributed by atoms with E-state index in [-0.39, 0.29) is 18.4 Å². The van der Waals surface area contributed by atoms with Gasteiger partial charge in [0.15, 0.2) is 0 Å². The average molecular weight is 513 g/mol. The van der Waals surface area contributed by atoms with Gasteiger partial charge < -0.3 is 20.5 Å². The maximum Gasteiger partial charge on any atom is 0.303 e. The van der Waals surface area contributed by atoms with Gasteiger partial charge in [0.05, 0.1) is 11.8 Å². The van der Waals surface area contributed by atoms with Crippen molar-refractivity contribution in [3.8, 4) is 5.88 Å². The van der Waals surface area contributed by atoms with E-state index in [1.54, 1.807) is 11.3 Å². The molecule has 8 heteroatoms. The molecule has 0 spiro atoms. The second-order valence-corrected chi connectivity index (χ2v) is 10.3. The van der Waals surface area contributed by atoms with Crippen LogP contribution in [-0.2, 0) is 11.2 Å². The SMILES string of the molecule is CC.CNC.Cc1ccc(Nc2nc(OC3CCCCC3)c3c4c(sc3n2)CCC4CC(=O)O)cc1. The van der Waals surface area contributed by atoms with Gasteiger partial charge in [-0.15, -0.1) is 11.3 Å². The molecule has 1 atom stereocenters. The number of benzene rings is 1. The Bertz CT molecular complexity index is 1120. The fourth-order valence-electron chi connectivity index (χ4n) is 4.77. The third-order valence-corrected chi connectivity index (χ3v) is 7.48. The van der Waals surface area contributed by atoms with Gasteiger partial charge in [-0.2, -0.15) is 4.98 Å². The first kappa shape index (κ1) is 27.9. The van der Waals surface area contributed by atoms with Crippen LogP contribution in [0.25, 0.3) is 10.2 Å². The molecule has 0 saturated heterocycles. The molecule has 196 valence electrons. The highest BCUT2D eigenvalue weighted by atomic mass is 32.1. The zero-order valence-electron chi connectivity index (χ0n) is 22.2. The van der Waals surface area contributed by atoms with Crippen molar-refractivity contribution in [1.82, 2.24) is 15.3 Å². The first-order valence-electron chi connectivity index (χ1n) is 13.1. The van der Waals surface area contributed by atoms with Crippen LogP contribution in [0.5, 0.6) is 5.88 Å². The fourth-order valence-corrected chi connectivity index (χ4v) is 6.03. The minimum Gasteiger partial charge on any atom is -0.481 e. The van der Waals surface area contributed by atoms with Crippen LogP contribution in [0.2, 0.25) is 0 Å². The molecule has 0 radical (unpaired) electrons. The lowest BCUT2D eigenvalue weighted by molar-refractivity contribution is -0.137. The highest BCUT2D eigenvalue weighted by molar-refractivity contribution is 7.19. The van der Waals surface area contributed by atoms with E-state index in [0.717, 1.165) is 47.2 Å². The summed E-state index contributed by atoms with van der Waals surface area (Å²) >= 11 is 1.66. The van der Waals surface area contributed by atoms with E-state index in [9.17, 15) is 9.90 Å². The van der Waals surface area contributed by atoms with Crippen molar-refractivity contribution in [2.45, 2.75) is 84.2 Å². The molecule has 3 N–H and O–H groups in total. The van der Waals surface area contributed by atoms with Crippen LogP contribution in [0.3, 0.4) is 0 Å². The Labute approximate surface area is 218 Å². The monoisotopic (exact) mass is 512 g/mol. The number of carboxylic acids is 1. The van der Waals surface area contributed by atoms with Crippen molar-refractivity contribution in [2.24, 2.45) is 0 Å². The third kappa shape index (κ3) is 6.95. The first-order valence-corrected chi connectivity index (χ1v) is 13.9. The Morgan fingerprint density at radius 2 is 1.75 bits per heavy atom. The molecule has 2 aromatic heterocycles. The summed E-state index contributed by atoms with van der Waals surface area (Å²) in [5.41, 5.74) is 3.24. The van der Waals surface area contributed by atoms with Crippen LogP contribution in [0.1, 0.15) is 80.7 Å². The van der Waals surface area contributed by atoms with E-state index >= 15 is 0 Å². The largest absolute Gasteiger partial charge is 0.481 e. The molecule has 36 heavy (non-hydrogen) atoms. The predicted molar refractivity (Wildman–Crippen MR) is 149 cm³/mol. The van der Waals surface area contributed by atoms with Crippen LogP contribution in [0.15, 0.2) is 24.3 Å². The van der Waals surface area contributed by atoms with E-state index < -0.39 is 5.97 Å². The molecule has 1 unspecified atom stereocenters. The number of hydrogen-bond acceptors (Lipinski definition) is 7. The van der Waals surface area contributed by atoms with Gasteiger partial charge in [0.2, 0.25) is 11.8 Å². The molecule has 0 amide bonds. The highest BCUT2D eigenvalue weighted by Crippen LogP contribution is 2.48. The quantitative estimate of drug-likeness (QED) is 0.333. The maximum atomic E-state index is 11.4. The molecule has 1 saturated carbocycles. The van der Waals surface area contributed by atoms with Gasteiger partial charge >= 0.3 is 5.97 Å². The molecule has 5 rings (SSSR count). The number of anilines is 2. The van der Waals surface area contributed by atoms with Gasteiger partial charge in [0.1, 0.15) is 10.9 Å². The summed E-state index contributed by atoms with van der Waals surface area (Å²) in [6.45, 7) is 6.06. The van der Waals surface area contributed by atoms with Crippen molar-refractivity contribution < 1.29 is 14.6 Å². The number of aliphatic carboxylic acids is 1. The third-order valence-electron chi connectivity index (χ3n) is 6.32. The van der Waals surface area contributed by atoms with Crippen LogP contribution in [-0.4, -0.2) is 41.2 Å². The Morgan fingerprint density at radius 3 is 2.39 bits per heavy atom. The number of nitrogens with zero attached hydrogens (tertiary/aromatic N) is 2. The molecule has 2 aliphatic carbocycles. The number of thiophene rings is 1. The summed E-state index contributed by atoms with van der Waals surface area (Å²) in [6, 6.07) is 8.14. The maximum absolute atomic E-state index is 11.4. The smallest absolute Gasteiger partial charge is 0.303 e. The van der Waals surface area contributed by atoms with E-state index in [2.05, 4.69) is 29.7 Å². The standard InChI is InChI=1S/C24H27N3O3S.C2H7N.C2H6/c1-14-7-10-16(11-8-14)25-24-26-22(30-17-5-3-2-4-6-17)21-20-15(13-19(28)29)9-12-18(20)31-23(21)27-24;1-3-2;1-2/h7-8,10-11,15,17H,2-6,9,12-13H2,1H3,(H,28,29)(H,25,26,27);3H,1-2H3;1-2H3. The summed E-state index contributed by atoms with van der Waals surface area (Å²) < 4.78 is 6.47. The van der Waals surface area contributed by atoms with Crippen LogP contribution < -0.4 is 15.4 Å². The number of carboxylic acid groups (broad SMARTS) is 1. The lowest BCUT2D eigenvalue weighted by Crippen LogP contribution is -2.20. The van der Waals surface area contributed by atoms with Gasteiger partial charge in [0, 0.05) is 10.6 Å². The zero-order valence-corrected chi connectivity index (χ0v) is 23.0. The van der Waals surface area contributed by atoms with E-state index in [1.807, 2.05) is 40.1 Å². The number of nitrogens with one attached hydrogen (secondary N) is 2. The topological polar surface area (TPSA) is 96.4 Å². The van der Waals surface area contributed by atoms with Crippen molar-refractivity contribution in [3.05, 3.63) is 40.3 Å². The Hall–Kier alpha value is -2.71. The Kier molecular flexibility index (Phi) is 10.5. The summed E-state index contributed by atoms with van der Waals surface area (Å²) in [4.78, 5) is 23.1. The summed E-state index contributed by atoms with van der Waals surface area (Å²) in [5, 5.41) is 16.4. The number of aryl methyl sites for hydroxylation is 2. The molecule has 2 heterocycles. The zero-order chi connectivity index (χ0) is 26.1. The molecule has 0 aliphatic heterocycles. The molecule has 3 aromatic rings. The average Bonchev–Trinajstić information content (AvgIpc) is 3.42. The van der Waals surface area contributed by atoms with E-state index in [4.69, 9.17) is 14.7 Å². The highest BCUT2D eigenvalue weighted by Gasteiger charge is 2.32. The van der Waals surface area contributed by atoms with Crippen LogP contribution in [0, 0.1) is 6.92 Å². The van der Waals surface area contributed by atoms with Gasteiger partial charge in [-0.25, -0.2) is 4.98 Å². The molecule has 7 nitrogen and oxygen atoms in total. The molecule has 0 bridgehead atoms. The van der Waals surface area contributed by atoms with Gasteiger partial charge in [-0.05, 0) is 83.2 Å². The van der Waals surface area contributed by atoms with E-state index in [1.165, 1.54) is 29.7 Å². The summed E-state index contributed by atoms with van der Waals surface area (Å²) in [7, 11) is 3.75. The number of carbonyl (C=O) groups is 1. The van der Waals surface area contributed by atoms with Crippen molar-refractivity contribution in [3.63, 3.8) is 0 Å². The molecule has 1 fully saturated rings. The molecular formula is C28H40N4O3S. The number of rotatable bonds is 6. The van der Waals surface area contributed by atoms with Gasteiger partial charge in [0.25, 0.3) is 0 Å². The summed E-state index contributed by atoms with van der Waals surface area (Å²) in [6.07, 6.45) is 7.77. The number of ether oxygens (including phenoxy) is 1. The summed E-state index contributed by atoms with van der Waals surface area (Å²) in [5.74, 6) is 0.387. The Balaban J connectivity index is 0.000000674. The van der Waals surface area contributed by atoms with Crippen molar-refractivity contribution in [2.75, 3.05) is 19.4 Å². The lowest BCUT2D eigenvalue weighted by atomic mass is 9.97. The van der Waals surface area contributed by atoms with E-state index in [0.29, 0.717) is 11.8 Å². The Morgan fingerprint density at radius 1 is 1.08 bits per heavy atom. The van der Waals surface area contributed by atoms with Crippen LogP contribution in [0.4, 0.5) is 11.6 Å². The second-order valence-electron chi connectivity index (χ2n) is 9.17. The number of fused-ring (bicyclic) bond motifs is 3. The van der Waals surface area contributed by atoms with Crippen molar-refractivity contribution in [1.29, 1.82) is 0 Å². The predicted octanol–water partition coefficient (Wildman–Crippen LogP) is 6.82. The van der Waals surface area contributed by atoms with Gasteiger partial charge in [-0.1, -0.05) is 38.0 Å². The second kappa shape index (κ2) is 13.6. The number of hydrogen-bond donors (Lipinski definition) is 3. The number of aromatic nitrogens is 2. The molecule has 2 aliphatic rings. The fraction of sp³-hybridized carbons (Fsp3) is 0.536. The van der Waals surface area contributed by atoms with Crippen molar-refractivity contribution >= 4 is 39.2 Å². The normalized spacial score (nSPS) is 16.9. The van der Waals surface area contributed by atoms with Crippen LogP contribution >= 0.6 is 11.3 Å². The van der Waals surface area contributed by atoms with Gasteiger partial charge in [-0.3, -0.25) is 4.79 Å². The first-order chi connectivity index (χ1) is 17.5. The minimum atomic E-state index is -0.759. The molecule has 1 aromatic carbocycles. The molecular weight excluding hydrogens is 472 g/mol. The lowest BCUT2D eigenvalue weighted by Gasteiger charge is -2.23. The minimum absolute atomic E-state index is 0.00876.